The molecule has 1 fully saturated rings. The Bertz CT molecular complexity index is 541. The Balaban J connectivity index is 2.33. The van der Waals surface area contributed by atoms with Crippen LogP contribution in [-0.2, 0) is 0 Å². The van der Waals surface area contributed by atoms with Crippen molar-refractivity contribution in [3.63, 3.8) is 0 Å². The predicted octanol–water partition coefficient (Wildman–Crippen LogP) is 1.71. The summed E-state index contributed by atoms with van der Waals surface area (Å²) in [5, 5.41) is 18.8. The molecule has 2 atom stereocenters. The summed E-state index contributed by atoms with van der Waals surface area (Å²) in [7, 11) is 4.20. The first-order valence-corrected chi connectivity index (χ1v) is 7.86. The van der Waals surface area contributed by atoms with Crippen LogP contribution in [-0.4, -0.2) is 54.8 Å². The number of pyridine rings is 1. The van der Waals surface area contributed by atoms with Crippen molar-refractivity contribution in [3.05, 3.63) is 22.9 Å². The first kappa shape index (κ1) is 16.7. The molecule has 0 radical (unpaired) electrons. The molecule has 0 bridgehead atoms. The van der Waals surface area contributed by atoms with Gasteiger partial charge >= 0.3 is 0 Å². The summed E-state index contributed by atoms with van der Waals surface area (Å²) in [4.78, 5) is 9.15. The van der Waals surface area contributed by atoms with Crippen molar-refractivity contribution < 1.29 is 5.11 Å². The number of hydrogen-bond acceptors (Lipinski definition) is 5. The Labute approximate surface area is 133 Å². The second kappa shape index (κ2) is 7.08. The maximum absolute atomic E-state index is 9.59. The highest BCUT2D eigenvalue weighted by Gasteiger charge is 2.26. The number of likely N-dealkylation sites (N-methyl/N-ethyl adjacent to an activating group) is 1. The molecule has 2 rings (SSSR count). The van der Waals surface area contributed by atoms with E-state index in [1.165, 1.54) is 0 Å². The normalized spacial score (nSPS) is 22.5. The minimum absolute atomic E-state index is 0.213. The van der Waals surface area contributed by atoms with Crippen LogP contribution in [0.4, 0.5) is 5.82 Å². The number of rotatable bonds is 3. The Morgan fingerprint density at radius 2 is 2.09 bits per heavy atom. The molecule has 0 amide bonds. The fraction of sp³-hybridized carbons (Fsp3) is 0.647. The third kappa shape index (κ3) is 3.57. The molecule has 0 aliphatic carbocycles. The Kier molecular flexibility index (Phi) is 5.38. The topological polar surface area (TPSA) is 63.4 Å². The monoisotopic (exact) mass is 302 g/mol. The second-order valence-corrected chi connectivity index (χ2v) is 6.52. The van der Waals surface area contributed by atoms with E-state index >= 15 is 0 Å². The number of aryl methyl sites for hydroxylation is 2. The fourth-order valence-electron chi connectivity index (χ4n) is 3.15. The minimum Gasteiger partial charge on any atom is -0.396 e. The van der Waals surface area contributed by atoms with Gasteiger partial charge in [0.15, 0.2) is 0 Å². The van der Waals surface area contributed by atoms with E-state index in [0.29, 0.717) is 11.6 Å². The number of hydrogen-bond donors (Lipinski definition) is 1. The van der Waals surface area contributed by atoms with Gasteiger partial charge in [-0.05, 0) is 58.3 Å². The molecular weight excluding hydrogens is 276 g/mol. The molecule has 1 aromatic heterocycles. The van der Waals surface area contributed by atoms with Gasteiger partial charge < -0.3 is 14.9 Å². The molecular formula is C17H26N4O. The average molecular weight is 302 g/mol. The van der Waals surface area contributed by atoms with E-state index in [2.05, 4.69) is 34.9 Å². The first-order chi connectivity index (χ1) is 10.5. The fourth-order valence-corrected chi connectivity index (χ4v) is 3.15. The Hall–Kier alpha value is -1.64. The van der Waals surface area contributed by atoms with Crippen molar-refractivity contribution in [2.75, 3.05) is 38.7 Å². The van der Waals surface area contributed by atoms with Gasteiger partial charge in [-0.2, -0.15) is 5.26 Å². The van der Waals surface area contributed by atoms with Crippen molar-refractivity contribution >= 4 is 5.82 Å². The molecule has 1 aliphatic heterocycles. The SMILES string of the molecule is Cc1cc(N2C[C@@H](CO)CC[C@@H](N(C)C)C2)nc(C)c1C#N. The van der Waals surface area contributed by atoms with Gasteiger partial charge in [-0.3, -0.25) is 0 Å². The lowest BCUT2D eigenvalue weighted by Gasteiger charge is -2.30. The van der Waals surface area contributed by atoms with Gasteiger partial charge in [0.05, 0.1) is 11.3 Å². The molecule has 120 valence electrons. The van der Waals surface area contributed by atoms with E-state index in [1.807, 2.05) is 19.9 Å². The van der Waals surface area contributed by atoms with Crippen LogP contribution in [0, 0.1) is 31.1 Å². The van der Waals surface area contributed by atoms with Gasteiger partial charge in [0.1, 0.15) is 11.9 Å². The molecule has 5 nitrogen and oxygen atoms in total. The van der Waals surface area contributed by atoms with E-state index in [4.69, 9.17) is 0 Å². The number of anilines is 1. The van der Waals surface area contributed by atoms with E-state index in [0.717, 1.165) is 43.0 Å². The summed E-state index contributed by atoms with van der Waals surface area (Å²) in [6.07, 6.45) is 2.12. The van der Waals surface area contributed by atoms with Gasteiger partial charge in [0.25, 0.3) is 0 Å². The zero-order valence-electron chi connectivity index (χ0n) is 14.0. The van der Waals surface area contributed by atoms with Crippen LogP contribution in [0.2, 0.25) is 0 Å². The van der Waals surface area contributed by atoms with E-state index in [9.17, 15) is 10.4 Å². The lowest BCUT2D eigenvalue weighted by molar-refractivity contribution is 0.216. The zero-order valence-corrected chi connectivity index (χ0v) is 14.0. The molecule has 0 spiro atoms. The van der Waals surface area contributed by atoms with Crippen molar-refractivity contribution in [2.24, 2.45) is 5.92 Å². The highest BCUT2D eigenvalue weighted by atomic mass is 16.3. The van der Waals surface area contributed by atoms with Crippen molar-refractivity contribution in [2.45, 2.75) is 32.7 Å². The van der Waals surface area contributed by atoms with Crippen LogP contribution >= 0.6 is 0 Å². The predicted molar refractivity (Wildman–Crippen MR) is 87.9 cm³/mol. The standard InChI is InChI=1S/C17H26N4O/c1-12-7-17(19-13(2)16(12)8-18)21-9-14(11-22)5-6-15(10-21)20(3)4/h7,14-15,22H,5-6,9-11H2,1-4H3/t14-,15+/m0/s1. The maximum atomic E-state index is 9.59. The number of nitrogens with zero attached hydrogens (tertiary/aromatic N) is 4. The van der Waals surface area contributed by atoms with Gasteiger partial charge in [-0.15, -0.1) is 0 Å². The summed E-state index contributed by atoms with van der Waals surface area (Å²) in [5.74, 6) is 1.20. The third-order valence-electron chi connectivity index (χ3n) is 4.63. The van der Waals surface area contributed by atoms with Crippen LogP contribution in [0.25, 0.3) is 0 Å². The van der Waals surface area contributed by atoms with E-state index in [-0.39, 0.29) is 12.5 Å². The number of nitriles is 1. The molecule has 0 unspecified atom stereocenters. The summed E-state index contributed by atoms with van der Waals surface area (Å²) in [5.41, 5.74) is 2.42. The van der Waals surface area contributed by atoms with Crippen molar-refractivity contribution in [3.8, 4) is 6.07 Å². The quantitative estimate of drug-likeness (QED) is 0.921. The van der Waals surface area contributed by atoms with Gasteiger partial charge in [-0.25, -0.2) is 4.98 Å². The molecule has 5 heteroatoms. The van der Waals surface area contributed by atoms with Crippen molar-refractivity contribution in [1.29, 1.82) is 5.26 Å². The summed E-state index contributed by atoms with van der Waals surface area (Å²) < 4.78 is 0. The molecule has 1 aromatic rings. The maximum Gasteiger partial charge on any atom is 0.129 e. The smallest absolute Gasteiger partial charge is 0.129 e. The molecule has 22 heavy (non-hydrogen) atoms. The number of aliphatic hydroxyl groups is 1. The number of aliphatic hydroxyl groups excluding tert-OH is 1. The lowest BCUT2D eigenvalue weighted by atomic mass is 10.0. The van der Waals surface area contributed by atoms with Crippen LogP contribution in [0.3, 0.4) is 0 Å². The Morgan fingerprint density at radius 1 is 1.36 bits per heavy atom. The second-order valence-electron chi connectivity index (χ2n) is 6.52. The highest BCUT2D eigenvalue weighted by Crippen LogP contribution is 2.25. The highest BCUT2D eigenvalue weighted by molar-refractivity contribution is 5.50. The van der Waals surface area contributed by atoms with Crippen LogP contribution in [0.5, 0.6) is 0 Å². The van der Waals surface area contributed by atoms with Gasteiger partial charge in [0.2, 0.25) is 0 Å². The molecule has 2 heterocycles. The zero-order chi connectivity index (χ0) is 16.3. The largest absolute Gasteiger partial charge is 0.396 e. The number of aromatic nitrogens is 1. The summed E-state index contributed by atoms with van der Waals surface area (Å²) >= 11 is 0. The van der Waals surface area contributed by atoms with E-state index in [1.54, 1.807) is 0 Å². The average Bonchev–Trinajstić information content (AvgIpc) is 2.69. The molecule has 1 saturated heterocycles. The molecule has 0 aromatic carbocycles. The van der Waals surface area contributed by atoms with Crippen LogP contribution in [0.1, 0.15) is 29.7 Å². The van der Waals surface area contributed by atoms with Crippen LogP contribution in [0.15, 0.2) is 6.07 Å². The van der Waals surface area contributed by atoms with Gasteiger partial charge in [-0.1, -0.05) is 0 Å². The van der Waals surface area contributed by atoms with Crippen molar-refractivity contribution in [1.82, 2.24) is 9.88 Å². The van der Waals surface area contributed by atoms with Crippen LogP contribution < -0.4 is 4.90 Å². The molecule has 0 saturated carbocycles. The molecule has 1 N–H and O–H groups in total. The summed E-state index contributed by atoms with van der Waals surface area (Å²) in [6, 6.07) is 4.68. The van der Waals surface area contributed by atoms with E-state index < -0.39 is 0 Å². The third-order valence-corrected chi connectivity index (χ3v) is 4.63. The minimum atomic E-state index is 0.213. The van der Waals surface area contributed by atoms with Gasteiger partial charge in [0, 0.05) is 25.7 Å². The first-order valence-electron chi connectivity index (χ1n) is 7.86. The lowest BCUT2D eigenvalue weighted by Crippen LogP contribution is -2.40. The Morgan fingerprint density at radius 3 is 2.64 bits per heavy atom. The summed E-state index contributed by atoms with van der Waals surface area (Å²) in [6.45, 7) is 5.78. The molecule has 1 aliphatic rings.